The Kier molecular flexibility index (Phi) is 9.16. The molecule has 3 heteroatoms. The lowest BCUT2D eigenvalue weighted by Gasteiger charge is -2.27. The molecule has 0 spiro atoms. The Balaban J connectivity index is 2.54. The van der Waals surface area contributed by atoms with Crippen molar-refractivity contribution < 1.29 is 9.13 Å². The van der Waals surface area contributed by atoms with Crippen LogP contribution in [0, 0.1) is 5.82 Å². The summed E-state index contributed by atoms with van der Waals surface area (Å²) in [6.45, 7) is 10.4. The molecular formula is C26H38FNO. The van der Waals surface area contributed by atoms with Gasteiger partial charge in [0.1, 0.15) is 11.6 Å². The van der Waals surface area contributed by atoms with E-state index in [9.17, 15) is 4.39 Å². The fourth-order valence-electron chi connectivity index (χ4n) is 4.08. The van der Waals surface area contributed by atoms with Crippen molar-refractivity contribution in [1.29, 1.82) is 0 Å². The van der Waals surface area contributed by atoms with E-state index in [0.717, 1.165) is 43.5 Å². The highest BCUT2D eigenvalue weighted by atomic mass is 19.1. The van der Waals surface area contributed by atoms with Crippen LogP contribution in [-0.2, 0) is 12.8 Å². The number of halogens is 1. The van der Waals surface area contributed by atoms with Crippen molar-refractivity contribution in [1.82, 2.24) is 4.90 Å². The molecule has 0 saturated carbocycles. The average Bonchev–Trinajstić information content (AvgIpc) is 2.71. The third-order valence-electron chi connectivity index (χ3n) is 5.89. The topological polar surface area (TPSA) is 12.5 Å². The van der Waals surface area contributed by atoms with Gasteiger partial charge in [-0.15, -0.1) is 0 Å². The first-order valence-corrected chi connectivity index (χ1v) is 11.1. The van der Waals surface area contributed by atoms with E-state index in [1.165, 1.54) is 16.7 Å². The second kappa shape index (κ2) is 11.3. The molecule has 2 nitrogen and oxygen atoms in total. The van der Waals surface area contributed by atoms with Crippen LogP contribution in [0.1, 0.15) is 74.6 Å². The molecule has 2 unspecified atom stereocenters. The van der Waals surface area contributed by atoms with Crippen molar-refractivity contribution in [3.8, 4) is 5.75 Å². The zero-order valence-electron chi connectivity index (χ0n) is 19.1. The highest BCUT2D eigenvalue weighted by Gasteiger charge is 2.24. The molecule has 0 aliphatic heterocycles. The summed E-state index contributed by atoms with van der Waals surface area (Å²) in [5.41, 5.74) is 5.09. The molecule has 2 rings (SSSR count). The molecular weight excluding hydrogens is 361 g/mol. The third-order valence-corrected chi connectivity index (χ3v) is 5.89. The molecule has 0 bridgehead atoms. The van der Waals surface area contributed by atoms with Crippen molar-refractivity contribution in [2.45, 2.75) is 65.2 Å². The Morgan fingerprint density at radius 3 is 2.41 bits per heavy atom. The van der Waals surface area contributed by atoms with Gasteiger partial charge >= 0.3 is 0 Å². The van der Waals surface area contributed by atoms with E-state index < -0.39 is 0 Å². The minimum atomic E-state index is -0.148. The molecule has 0 saturated heterocycles. The number of ether oxygens (including phenoxy) is 1. The fraction of sp³-hybridized carbons (Fsp3) is 0.538. The summed E-state index contributed by atoms with van der Waals surface area (Å²) in [7, 11) is 4.24. The second-order valence-corrected chi connectivity index (χ2v) is 8.26. The molecule has 2 atom stereocenters. The molecule has 2 aromatic rings. The monoisotopic (exact) mass is 399 g/mol. The van der Waals surface area contributed by atoms with Gasteiger partial charge in [-0.1, -0.05) is 39.0 Å². The van der Waals surface area contributed by atoms with Crippen molar-refractivity contribution in [2.24, 2.45) is 0 Å². The van der Waals surface area contributed by atoms with Crippen LogP contribution in [0.25, 0.3) is 0 Å². The van der Waals surface area contributed by atoms with Gasteiger partial charge < -0.3 is 9.64 Å². The zero-order valence-corrected chi connectivity index (χ0v) is 19.1. The number of hydrogen-bond donors (Lipinski definition) is 0. The van der Waals surface area contributed by atoms with Gasteiger partial charge in [0.15, 0.2) is 0 Å². The molecule has 0 heterocycles. The van der Waals surface area contributed by atoms with E-state index in [1.807, 2.05) is 13.0 Å². The highest BCUT2D eigenvalue weighted by Crippen LogP contribution is 2.39. The first kappa shape index (κ1) is 23.4. The van der Waals surface area contributed by atoms with Crippen LogP contribution in [0.4, 0.5) is 4.39 Å². The highest BCUT2D eigenvalue weighted by molar-refractivity contribution is 5.46. The maximum Gasteiger partial charge on any atom is 0.123 e. The smallest absolute Gasteiger partial charge is 0.123 e. The number of nitrogens with zero attached hydrogens (tertiary/aromatic N) is 1. The van der Waals surface area contributed by atoms with Crippen molar-refractivity contribution >= 4 is 0 Å². The summed E-state index contributed by atoms with van der Waals surface area (Å²) >= 11 is 0. The van der Waals surface area contributed by atoms with Gasteiger partial charge in [-0.2, -0.15) is 0 Å². The molecule has 160 valence electrons. The van der Waals surface area contributed by atoms with Crippen molar-refractivity contribution in [3.63, 3.8) is 0 Å². The number of aryl methyl sites for hydroxylation is 1. The summed E-state index contributed by atoms with van der Waals surface area (Å²) in [6.07, 6.45) is 3.89. The van der Waals surface area contributed by atoms with Gasteiger partial charge in [0.25, 0.3) is 0 Å². The minimum Gasteiger partial charge on any atom is -0.494 e. The van der Waals surface area contributed by atoms with Gasteiger partial charge in [-0.05, 0) is 100.0 Å². The number of hydrogen-bond acceptors (Lipinski definition) is 2. The minimum absolute atomic E-state index is 0.148. The maximum atomic E-state index is 13.8. The van der Waals surface area contributed by atoms with Crippen LogP contribution in [0.3, 0.4) is 0 Å². The Morgan fingerprint density at radius 2 is 1.79 bits per heavy atom. The largest absolute Gasteiger partial charge is 0.494 e. The van der Waals surface area contributed by atoms with Gasteiger partial charge in [0.05, 0.1) is 6.61 Å². The molecule has 29 heavy (non-hydrogen) atoms. The standard InChI is InChI=1S/C26H38FNO/c1-7-19(4)24-11-10-12-25(29-9-3)26(24)22(15-16-28(5)6)17-21-13-14-23(27)18-20(21)8-2/h10-14,18-19,22H,7-9,15-17H2,1-6H3. The van der Waals surface area contributed by atoms with Crippen LogP contribution >= 0.6 is 0 Å². The maximum absolute atomic E-state index is 13.8. The lowest BCUT2D eigenvalue weighted by atomic mass is 9.81. The second-order valence-electron chi connectivity index (χ2n) is 8.26. The predicted molar refractivity (Wildman–Crippen MR) is 122 cm³/mol. The molecule has 0 aliphatic rings. The molecule has 2 aromatic carbocycles. The predicted octanol–water partition coefficient (Wildman–Crippen LogP) is 6.58. The van der Waals surface area contributed by atoms with Gasteiger partial charge in [-0.3, -0.25) is 0 Å². The molecule has 0 N–H and O–H groups in total. The van der Waals surface area contributed by atoms with E-state index >= 15 is 0 Å². The third kappa shape index (κ3) is 6.30. The summed E-state index contributed by atoms with van der Waals surface area (Å²) in [6, 6.07) is 11.8. The van der Waals surface area contributed by atoms with E-state index in [-0.39, 0.29) is 5.82 Å². The average molecular weight is 400 g/mol. The van der Waals surface area contributed by atoms with Gasteiger partial charge in [0, 0.05) is 5.56 Å². The zero-order chi connectivity index (χ0) is 21.4. The van der Waals surface area contributed by atoms with Gasteiger partial charge in [-0.25, -0.2) is 4.39 Å². The first-order chi connectivity index (χ1) is 13.9. The van der Waals surface area contributed by atoms with Crippen molar-refractivity contribution in [3.05, 3.63) is 64.5 Å². The van der Waals surface area contributed by atoms with Crippen LogP contribution in [0.5, 0.6) is 5.75 Å². The van der Waals surface area contributed by atoms with E-state index in [1.54, 1.807) is 12.1 Å². The van der Waals surface area contributed by atoms with Crippen molar-refractivity contribution in [2.75, 3.05) is 27.2 Å². The van der Waals surface area contributed by atoms with Crippen LogP contribution in [0.15, 0.2) is 36.4 Å². The van der Waals surface area contributed by atoms with E-state index in [0.29, 0.717) is 18.4 Å². The normalized spacial score (nSPS) is 13.5. The fourth-order valence-corrected chi connectivity index (χ4v) is 4.08. The summed E-state index contributed by atoms with van der Waals surface area (Å²) in [5.74, 6) is 1.67. The molecule has 0 radical (unpaired) electrons. The summed E-state index contributed by atoms with van der Waals surface area (Å²) in [5, 5.41) is 0. The van der Waals surface area contributed by atoms with Crippen LogP contribution < -0.4 is 4.74 Å². The Morgan fingerprint density at radius 1 is 1.03 bits per heavy atom. The first-order valence-electron chi connectivity index (χ1n) is 11.1. The lowest BCUT2D eigenvalue weighted by Crippen LogP contribution is -2.19. The van der Waals surface area contributed by atoms with Gasteiger partial charge in [0.2, 0.25) is 0 Å². The van der Waals surface area contributed by atoms with Crippen LogP contribution in [0.2, 0.25) is 0 Å². The number of rotatable bonds is 11. The SMILES string of the molecule is CCOc1cccc(C(C)CC)c1C(CCN(C)C)Cc1ccc(F)cc1CC. The quantitative estimate of drug-likeness (QED) is 0.423. The summed E-state index contributed by atoms with van der Waals surface area (Å²) < 4.78 is 19.9. The summed E-state index contributed by atoms with van der Waals surface area (Å²) in [4.78, 5) is 2.24. The molecule has 0 amide bonds. The van der Waals surface area contributed by atoms with E-state index in [4.69, 9.17) is 4.74 Å². The molecule has 0 aromatic heterocycles. The molecule has 0 fully saturated rings. The Bertz CT molecular complexity index is 771. The molecule has 0 aliphatic carbocycles. The van der Waals surface area contributed by atoms with Crippen LogP contribution in [-0.4, -0.2) is 32.1 Å². The Labute approximate surface area is 177 Å². The Hall–Kier alpha value is -1.87. The van der Waals surface area contributed by atoms with E-state index in [2.05, 4.69) is 58.0 Å². The number of benzene rings is 2. The lowest BCUT2D eigenvalue weighted by molar-refractivity contribution is 0.327.